The van der Waals surface area contributed by atoms with Crippen molar-refractivity contribution in [3.8, 4) is 0 Å². The van der Waals surface area contributed by atoms with Gasteiger partial charge < -0.3 is 10.1 Å². The van der Waals surface area contributed by atoms with Gasteiger partial charge in [0.25, 0.3) is 0 Å². The molecule has 1 amide bonds. The Labute approximate surface area is 98.5 Å². The van der Waals surface area contributed by atoms with Crippen LogP contribution < -0.4 is 5.32 Å². The Hall–Kier alpha value is -1.55. The van der Waals surface area contributed by atoms with E-state index in [0.29, 0.717) is 10.6 Å². The highest BCUT2D eigenvalue weighted by Gasteiger charge is 2.21. The summed E-state index contributed by atoms with van der Waals surface area (Å²) < 4.78 is 4.45. The maximum absolute atomic E-state index is 11.4. The molecule has 0 fully saturated rings. The summed E-state index contributed by atoms with van der Waals surface area (Å²) in [6, 6.07) is 6.06. The first kappa shape index (κ1) is 12.5. The van der Waals surface area contributed by atoms with Crippen LogP contribution in [0.4, 0.5) is 4.79 Å². The predicted molar refractivity (Wildman–Crippen MR) is 60.4 cm³/mol. The molecule has 0 aliphatic heterocycles. The van der Waals surface area contributed by atoms with Gasteiger partial charge in [0.05, 0.1) is 7.11 Å². The Morgan fingerprint density at radius 1 is 1.38 bits per heavy atom. The largest absolute Gasteiger partial charge is 0.453 e. The quantitative estimate of drug-likeness (QED) is 0.884. The minimum atomic E-state index is -0.777. The van der Waals surface area contributed by atoms with E-state index in [4.69, 9.17) is 11.6 Å². The average Bonchev–Trinajstić information content (AvgIpc) is 2.26. The molecule has 5 heteroatoms. The van der Waals surface area contributed by atoms with Crippen molar-refractivity contribution in [2.75, 3.05) is 7.11 Å². The molecule has 1 N–H and O–H groups in total. The van der Waals surface area contributed by atoms with Crippen molar-refractivity contribution in [3.05, 3.63) is 34.9 Å². The Kier molecular flexibility index (Phi) is 4.31. The standard InChI is InChI=1S/C11H12ClNO3/c1-7(14)10(13-11(15)16-2)8-5-3-4-6-9(8)12/h3-6,10H,1-2H3,(H,13,15). The van der Waals surface area contributed by atoms with Gasteiger partial charge in [-0.3, -0.25) is 4.79 Å². The maximum Gasteiger partial charge on any atom is 0.407 e. The van der Waals surface area contributed by atoms with Gasteiger partial charge in [0.2, 0.25) is 0 Å². The number of halogens is 1. The number of Topliss-reactive ketones (excluding diaryl/α,β-unsaturated/α-hetero) is 1. The van der Waals surface area contributed by atoms with E-state index >= 15 is 0 Å². The molecule has 1 atom stereocenters. The Bertz CT molecular complexity index is 406. The third-order valence-corrected chi connectivity index (χ3v) is 2.41. The van der Waals surface area contributed by atoms with Gasteiger partial charge in [-0.25, -0.2) is 4.79 Å². The summed E-state index contributed by atoms with van der Waals surface area (Å²) >= 11 is 5.95. The molecule has 16 heavy (non-hydrogen) atoms. The van der Waals surface area contributed by atoms with Gasteiger partial charge in [0, 0.05) is 10.6 Å². The molecule has 1 unspecified atom stereocenters. The third kappa shape index (κ3) is 2.97. The number of nitrogens with one attached hydrogen (secondary N) is 1. The first-order valence-corrected chi connectivity index (χ1v) is 5.03. The molecule has 1 aromatic rings. The smallest absolute Gasteiger partial charge is 0.407 e. The van der Waals surface area contributed by atoms with Gasteiger partial charge in [-0.05, 0) is 13.0 Å². The van der Waals surface area contributed by atoms with Gasteiger partial charge in [0.15, 0.2) is 5.78 Å². The Morgan fingerprint density at radius 2 is 2.00 bits per heavy atom. The zero-order valence-corrected chi connectivity index (χ0v) is 9.75. The number of carbonyl (C=O) groups is 2. The van der Waals surface area contributed by atoms with Gasteiger partial charge in [-0.1, -0.05) is 29.8 Å². The number of alkyl carbamates (subject to hydrolysis) is 1. The van der Waals surface area contributed by atoms with Gasteiger partial charge in [-0.2, -0.15) is 0 Å². The topological polar surface area (TPSA) is 55.4 Å². The first-order valence-electron chi connectivity index (χ1n) is 4.65. The number of ketones is 1. The van der Waals surface area contributed by atoms with Gasteiger partial charge >= 0.3 is 6.09 Å². The summed E-state index contributed by atoms with van der Waals surface area (Å²) in [5, 5.41) is 2.86. The van der Waals surface area contributed by atoms with E-state index in [1.165, 1.54) is 14.0 Å². The van der Waals surface area contributed by atoms with Crippen LogP contribution >= 0.6 is 11.6 Å². The van der Waals surface area contributed by atoms with Crippen LogP contribution in [0.2, 0.25) is 5.02 Å². The van der Waals surface area contributed by atoms with Crippen molar-refractivity contribution in [3.63, 3.8) is 0 Å². The van der Waals surface area contributed by atoms with Crippen LogP contribution in [0.5, 0.6) is 0 Å². The molecule has 86 valence electrons. The zero-order chi connectivity index (χ0) is 12.1. The third-order valence-electron chi connectivity index (χ3n) is 2.07. The molecule has 4 nitrogen and oxygen atoms in total. The Morgan fingerprint density at radius 3 is 2.50 bits per heavy atom. The van der Waals surface area contributed by atoms with Crippen molar-refractivity contribution < 1.29 is 14.3 Å². The van der Waals surface area contributed by atoms with E-state index in [1.807, 2.05) is 0 Å². The first-order chi connectivity index (χ1) is 7.56. The molecule has 0 aliphatic carbocycles. The number of amides is 1. The molecule has 0 aromatic heterocycles. The molecule has 0 heterocycles. The SMILES string of the molecule is COC(=O)NC(C(C)=O)c1ccccc1Cl. The van der Waals surface area contributed by atoms with Crippen molar-refractivity contribution in [2.45, 2.75) is 13.0 Å². The van der Waals surface area contributed by atoms with E-state index in [2.05, 4.69) is 10.1 Å². The molecule has 1 rings (SSSR count). The van der Waals surface area contributed by atoms with E-state index in [0.717, 1.165) is 0 Å². The summed E-state index contributed by atoms with van der Waals surface area (Å²) in [5.74, 6) is -0.210. The molecular formula is C11H12ClNO3. The molecule has 0 saturated carbocycles. The average molecular weight is 242 g/mol. The fraction of sp³-hybridized carbons (Fsp3) is 0.273. The number of ether oxygens (including phenoxy) is 1. The van der Waals surface area contributed by atoms with Crippen LogP contribution in [0.15, 0.2) is 24.3 Å². The van der Waals surface area contributed by atoms with Crippen LogP contribution in [-0.2, 0) is 9.53 Å². The van der Waals surface area contributed by atoms with Gasteiger partial charge in [-0.15, -0.1) is 0 Å². The second kappa shape index (κ2) is 5.51. The maximum atomic E-state index is 11.4. The van der Waals surface area contributed by atoms with E-state index in [-0.39, 0.29) is 5.78 Å². The highest BCUT2D eigenvalue weighted by atomic mass is 35.5. The van der Waals surface area contributed by atoms with E-state index in [9.17, 15) is 9.59 Å². The lowest BCUT2D eigenvalue weighted by Gasteiger charge is -2.16. The van der Waals surface area contributed by atoms with E-state index < -0.39 is 12.1 Å². The van der Waals surface area contributed by atoms with Crippen molar-refractivity contribution in [2.24, 2.45) is 0 Å². The second-order valence-corrected chi connectivity index (χ2v) is 3.61. The number of methoxy groups -OCH3 is 1. The summed E-state index contributed by atoms with van der Waals surface area (Å²) in [5.41, 5.74) is 0.557. The molecule has 0 radical (unpaired) electrons. The zero-order valence-electron chi connectivity index (χ0n) is 8.99. The number of hydrogen-bond donors (Lipinski definition) is 1. The van der Waals surface area contributed by atoms with E-state index in [1.54, 1.807) is 24.3 Å². The van der Waals surface area contributed by atoms with Gasteiger partial charge in [0.1, 0.15) is 6.04 Å². The normalized spacial score (nSPS) is 11.7. The van der Waals surface area contributed by atoms with Crippen molar-refractivity contribution >= 4 is 23.5 Å². The molecule has 0 aliphatic rings. The predicted octanol–water partition coefficient (Wildman–Crippen LogP) is 2.33. The van der Waals surface area contributed by atoms with Crippen LogP contribution in [0.25, 0.3) is 0 Å². The molecule has 0 saturated heterocycles. The molecular weight excluding hydrogens is 230 g/mol. The second-order valence-electron chi connectivity index (χ2n) is 3.20. The lowest BCUT2D eigenvalue weighted by molar-refractivity contribution is -0.119. The molecule has 0 bridgehead atoms. The minimum Gasteiger partial charge on any atom is -0.453 e. The highest BCUT2D eigenvalue weighted by Crippen LogP contribution is 2.23. The number of carbonyl (C=O) groups excluding carboxylic acids is 2. The van der Waals surface area contributed by atoms with Crippen molar-refractivity contribution in [1.82, 2.24) is 5.32 Å². The van der Waals surface area contributed by atoms with Crippen LogP contribution in [0.3, 0.4) is 0 Å². The number of rotatable bonds is 3. The fourth-order valence-electron chi connectivity index (χ4n) is 1.28. The highest BCUT2D eigenvalue weighted by molar-refractivity contribution is 6.31. The Balaban J connectivity index is 2.99. The lowest BCUT2D eigenvalue weighted by atomic mass is 10.0. The monoisotopic (exact) mass is 241 g/mol. The number of hydrogen-bond acceptors (Lipinski definition) is 3. The summed E-state index contributed by atoms with van der Waals surface area (Å²) in [6.07, 6.45) is -0.667. The minimum absolute atomic E-state index is 0.210. The lowest BCUT2D eigenvalue weighted by Crippen LogP contribution is -2.32. The summed E-state index contributed by atoms with van der Waals surface area (Å²) in [6.45, 7) is 1.38. The summed E-state index contributed by atoms with van der Waals surface area (Å²) in [7, 11) is 1.24. The fourth-order valence-corrected chi connectivity index (χ4v) is 1.53. The van der Waals surface area contributed by atoms with Crippen molar-refractivity contribution in [1.29, 1.82) is 0 Å². The van der Waals surface area contributed by atoms with Crippen LogP contribution in [0.1, 0.15) is 18.5 Å². The molecule has 1 aromatic carbocycles. The summed E-state index contributed by atoms with van der Waals surface area (Å²) in [4.78, 5) is 22.5. The number of benzene rings is 1. The van der Waals surface area contributed by atoms with Crippen LogP contribution in [-0.4, -0.2) is 19.0 Å². The molecule has 0 spiro atoms. The van der Waals surface area contributed by atoms with Crippen LogP contribution in [0, 0.1) is 0 Å².